The first-order valence-electron chi connectivity index (χ1n) is 5.91. The van der Waals surface area contributed by atoms with Gasteiger partial charge in [0.15, 0.2) is 0 Å². The van der Waals surface area contributed by atoms with Gasteiger partial charge < -0.3 is 20.1 Å². The van der Waals surface area contributed by atoms with Crippen LogP contribution in [0.2, 0.25) is 0 Å². The SMILES string of the molecule is COCCNC(=O)CCOC1CCNCC1. The Kier molecular flexibility index (Phi) is 7.12. The molecule has 0 aromatic carbocycles. The van der Waals surface area contributed by atoms with E-state index >= 15 is 0 Å². The van der Waals surface area contributed by atoms with Crippen LogP contribution in [0.3, 0.4) is 0 Å². The predicted octanol–water partition coefficient (Wildman–Crippen LogP) is -0.0923. The molecule has 0 saturated carbocycles. The average Bonchev–Trinajstić information content (AvgIpc) is 2.31. The van der Waals surface area contributed by atoms with Gasteiger partial charge in [-0.1, -0.05) is 0 Å². The minimum Gasteiger partial charge on any atom is -0.383 e. The Labute approximate surface area is 96.9 Å². The normalized spacial score (nSPS) is 17.3. The highest BCUT2D eigenvalue weighted by Gasteiger charge is 2.13. The van der Waals surface area contributed by atoms with E-state index in [1.165, 1.54) is 0 Å². The van der Waals surface area contributed by atoms with Crippen LogP contribution in [-0.2, 0) is 14.3 Å². The molecular formula is C11H22N2O3. The number of ether oxygens (including phenoxy) is 2. The number of hydrogen-bond acceptors (Lipinski definition) is 4. The van der Waals surface area contributed by atoms with Gasteiger partial charge in [-0.25, -0.2) is 0 Å². The largest absolute Gasteiger partial charge is 0.383 e. The fraction of sp³-hybridized carbons (Fsp3) is 0.909. The fourth-order valence-corrected chi connectivity index (χ4v) is 1.66. The molecule has 5 heteroatoms. The lowest BCUT2D eigenvalue weighted by Gasteiger charge is -2.22. The molecule has 0 bridgehead atoms. The summed E-state index contributed by atoms with van der Waals surface area (Å²) in [7, 11) is 1.62. The highest BCUT2D eigenvalue weighted by molar-refractivity contribution is 5.75. The Balaban J connectivity index is 1.94. The van der Waals surface area contributed by atoms with Crippen LogP contribution < -0.4 is 10.6 Å². The second-order valence-electron chi connectivity index (χ2n) is 3.91. The Bertz CT molecular complexity index is 194. The summed E-state index contributed by atoms with van der Waals surface area (Å²) >= 11 is 0. The van der Waals surface area contributed by atoms with Crippen LogP contribution in [-0.4, -0.2) is 52.0 Å². The molecule has 16 heavy (non-hydrogen) atoms. The van der Waals surface area contributed by atoms with Crippen LogP contribution in [0.15, 0.2) is 0 Å². The maximum atomic E-state index is 11.3. The molecular weight excluding hydrogens is 208 g/mol. The van der Waals surface area contributed by atoms with Crippen molar-refractivity contribution >= 4 is 5.91 Å². The van der Waals surface area contributed by atoms with Crippen molar-refractivity contribution in [3.8, 4) is 0 Å². The van der Waals surface area contributed by atoms with Gasteiger partial charge in [-0.3, -0.25) is 4.79 Å². The molecule has 0 aromatic rings. The van der Waals surface area contributed by atoms with Gasteiger partial charge in [0.25, 0.3) is 0 Å². The third-order valence-electron chi connectivity index (χ3n) is 2.60. The molecule has 1 rings (SSSR count). The van der Waals surface area contributed by atoms with Crippen molar-refractivity contribution in [2.24, 2.45) is 0 Å². The summed E-state index contributed by atoms with van der Waals surface area (Å²) in [6.07, 6.45) is 2.86. The molecule has 0 unspecified atom stereocenters. The lowest BCUT2D eigenvalue weighted by molar-refractivity contribution is -0.122. The Morgan fingerprint density at radius 1 is 1.38 bits per heavy atom. The molecule has 1 fully saturated rings. The molecule has 0 aromatic heterocycles. The van der Waals surface area contributed by atoms with Gasteiger partial charge >= 0.3 is 0 Å². The summed E-state index contributed by atoms with van der Waals surface area (Å²) in [5, 5.41) is 6.04. The van der Waals surface area contributed by atoms with Crippen LogP contribution in [0.4, 0.5) is 0 Å². The number of carbonyl (C=O) groups excluding carboxylic acids is 1. The van der Waals surface area contributed by atoms with Gasteiger partial charge in [-0.2, -0.15) is 0 Å². The molecule has 1 aliphatic heterocycles. The molecule has 1 heterocycles. The van der Waals surface area contributed by atoms with E-state index in [9.17, 15) is 4.79 Å². The van der Waals surface area contributed by atoms with Gasteiger partial charge in [0.2, 0.25) is 5.91 Å². The third-order valence-corrected chi connectivity index (χ3v) is 2.60. The molecule has 0 spiro atoms. The fourth-order valence-electron chi connectivity index (χ4n) is 1.66. The van der Waals surface area contributed by atoms with Gasteiger partial charge in [0, 0.05) is 20.1 Å². The molecule has 5 nitrogen and oxygen atoms in total. The molecule has 94 valence electrons. The maximum Gasteiger partial charge on any atom is 0.222 e. The quantitative estimate of drug-likeness (QED) is 0.600. The number of rotatable bonds is 7. The number of carbonyl (C=O) groups is 1. The summed E-state index contributed by atoms with van der Waals surface area (Å²) in [4.78, 5) is 11.3. The second kappa shape index (κ2) is 8.50. The van der Waals surface area contributed by atoms with Crippen LogP contribution >= 0.6 is 0 Å². The topological polar surface area (TPSA) is 59.6 Å². The summed E-state index contributed by atoms with van der Waals surface area (Å²) < 4.78 is 10.5. The first-order valence-corrected chi connectivity index (χ1v) is 5.91. The number of piperidine rings is 1. The van der Waals surface area contributed by atoms with Crippen molar-refractivity contribution in [3.63, 3.8) is 0 Å². The summed E-state index contributed by atoms with van der Waals surface area (Å²) in [6, 6.07) is 0. The number of methoxy groups -OCH3 is 1. The van der Waals surface area contributed by atoms with Crippen LogP contribution in [0.5, 0.6) is 0 Å². The molecule has 2 N–H and O–H groups in total. The van der Waals surface area contributed by atoms with Crippen molar-refractivity contribution < 1.29 is 14.3 Å². The van der Waals surface area contributed by atoms with Crippen molar-refractivity contribution in [3.05, 3.63) is 0 Å². The lowest BCUT2D eigenvalue weighted by Crippen LogP contribution is -2.33. The average molecular weight is 230 g/mol. The molecule has 0 aliphatic carbocycles. The Morgan fingerprint density at radius 2 is 2.12 bits per heavy atom. The first-order chi connectivity index (χ1) is 7.83. The van der Waals surface area contributed by atoms with E-state index in [1.54, 1.807) is 7.11 Å². The predicted molar refractivity (Wildman–Crippen MR) is 61.3 cm³/mol. The van der Waals surface area contributed by atoms with E-state index in [0.29, 0.717) is 32.3 Å². The van der Waals surface area contributed by atoms with Gasteiger partial charge in [0.1, 0.15) is 0 Å². The van der Waals surface area contributed by atoms with E-state index in [2.05, 4.69) is 10.6 Å². The maximum absolute atomic E-state index is 11.3. The summed E-state index contributed by atoms with van der Waals surface area (Å²) in [5.74, 6) is 0.0333. The van der Waals surface area contributed by atoms with Gasteiger partial charge in [-0.15, -0.1) is 0 Å². The number of amides is 1. The van der Waals surface area contributed by atoms with Crippen molar-refractivity contribution in [2.75, 3.05) is 40.0 Å². The standard InChI is InChI=1S/C11H22N2O3/c1-15-9-7-13-11(14)4-8-16-10-2-5-12-6-3-10/h10,12H,2-9H2,1H3,(H,13,14). The highest BCUT2D eigenvalue weighted by atomic mass is 16.5. The molecule has 0 radical (unpaired) electrons. The molecule has 1 aliphatic rings. The zero-order valence-electron chi connectivity index (χ0n) is 9.96. The minimum atomic E-state index is 0.0333. The molecule has 0 atom stereocenters. The third kappa shape index (κ3) is 6.05. The summed E-state index contributed by atoms with van der Waals surface area (Å²) in [6.45, 7) is 3.68. The summed E-state index contributed by atoms with van der Waals surface area (Å²) in [5.41, 5.74) is 0. The van der Waals surface area contributed by atoms with E-state index in [4.69, 9.17) is 9.47 Å². The zero-order valence-corrected chi connectivity index (χ0v) is 9.96. The Morgan fingerprint density at radius 3 is 2.81 bits per heavy atom. The minimum absolute atomic E-state index is 0.0333. The zero-order chi connectivity index (χ0) is 11.6. The van der Waals surface area contributed by atoms with E-state index in [-0.39, 0.29) is 5.91 Å². The lowest BCUT2D eigenvalue weighted by atomic mass is 10.1. The Hall–Kier alpha value is -0.650. The molecule has 1 saturated heterocycles. The van der Waals surface area contributed by atoms with Crippen molar-refractivity contribution in [2.45, 2.75) is 25.4 Å². The molecule has 1 amide bonds. The number of nitrogens with one attached hydrogen (secondary N) is 2. The van der Waals surface area contributed by atoms with Gasteiger partial charge in [0.05, 0.1) is 19.3 Å². The first kappa shape index (κ1) is 13.4. The van der Waals surface area contributed by atoms with E-state index in [1.807, 2.05) is 0 Å². The number of hydrogen-bond donors (Lipinski definition) is 2. The van der Waals surface area contributed by atoms with Crippen LogP contribution in [0, 0.1) is 0 Å². The van der Waals surface area contributed by atoms with Gasteiger partial charge in [-0.05, 0) is 25.9 Å². The van der Waals surface area contributed by atoms with Crippen LogP contribution in [0.1, 0.15) is 19.3 Å². The van der Waals surface area contributed by atoms with Crippen LogP contribution in [0.25, 0.3) is 0 Å². The van der Waals surface area contributed by atoms with E-state index in [0.717, 1.165) is 25.9 Å². The smallest absolute Gasteiger partial charge is 0.222 e. The second-order valence-corrected chi connectivity index (χ2v) is 3.91. The van der Waals surface area contributed by atoms with Crippen molar-refractivity contribution in [1.82, 2.24) is 10.6 Å². The monoisotopic (exact) mass is 230 g/mol. The van der Waals surface area contributed by atoms with Crippen molar-refractivity contribution in [1.29, 1.82) is 0 Å². The highest BCUT2D eigenvalue weighted by Crippen LogP contribution is 2.07. The van der Waals surface area contributed by atoms with E-state index < -0.39 is 0 Å².